The Morgan fingerprint density at radius 2 is 1.94 bits per heavy atom. The molecule has 0 amide bonds. The fraction of sp³-hybridized carbons (Fsp3) is 0.300. The van der Waals surface area contributed by atoms with E-state index in [-0.39, 0.29) is 23.1 Å². The van der Waals surface area contributed by atoms with Crippen LogP contribution >= 0.6 is 0 Å². The fourth-order valence-corrected chi connectivity index (χ4v) is 1.46. The zero-order valence-corrected chi connectivity index (χ0v) is 9.35. The quantitative estimate of drug-likeness (QED) is 0.811. The zero-order valence-electron chi connectivity index (χ0n) is 9.35. The largest absolute Gasteiger partial charge is 0.396 e. The number of nitrogens with zero attached hydrogens (tertiary/aromatic N) is 4. The first-order valence-electron chi connectivity index (χ1n) is 5.03. The van der Waals surface area contributed by atoms with Crippen molar-refractivity contribution >= 4 is 5.69 Å². The summed E-state index contributed by atoms with van der Waals surface area (Å²) in [5.41, 5.74) is 5.35. The molecule has 2 rings (SSSR count). The Morgan fingerprint density at radius 1 is 1.24 bits per heavy atom. The maximum atomic E-state index is 13.6. The molecule has 7 heteroatoms. The number of nitrogen functional groups attached to an aromatic ring is 1. The van der Waals surface area contributed by atoms with Gasteiger partial charge in [-0.15, -0.1) is 5.10 Å². The van der Waals surface area contributed by atoms with E-state index in [2.05, 4.69) is 15.5 Å². The van der Waals surface area contributed by atoms with Crippen molar-refractivity contribution in [2.24, 2.45) is 0 Å². The summed E-state index contributed by atoms with van der Waals surface area (Å²) in [5.74, 6) is -1.31. The van der Waals surface area contributed by atoms with Gasteiger partial charge in [-0.2, -0.15) is 0 Å². The van der Waals surface area contributed by atoms with Gasteiger partial charge in [0.1, 0.15) is 11.6 Å². The van der Waals surface area contributed by atoms with Crippen LogP contribution in [-0.2, 0) is 0 Å². The summed E-state index contributed by atoms with van der Waals surface area (Å²) < 4.78 is 28.1. The predicted molar refractivity (Wildman–Crippen MR) is 58.0 cm³/mol. The SMILES string of the molecule is CC(C)n1nnnc1-c1cc(N)c(F)cc1F. The van der Waals surface area contributed by atoms with Crippen LogP contribution in [0.25, 0.3) is 11.4 Å². The number of nitrogens with two attached hydrogens (primary N) is 1. The Hall–Kier alpha value is -2.05. The number of aromatic nitrogens is 4. The second-order valence-corrected chi connectivity index (χ2v) is 3.89. The smallest absolute Gasteiger partial charge is 0.185 e. The first-order chi connectivity index (χ1) is 8.00. The maximum Gasteiger partial charge on any atom is 0.185 e. The summed E-state index contributed by atoms with van der Waals surface area (Å²) in [5, 5.41) is 10.9. The Bertz CT molecular complexity index is 550. The highest BCUT2D eigenvalue weighted by molar-refractivity contribution is 5.62. The van der Waals surface area contributed by atoms with E-state index in [0.29, 0.717) is 0 Å². The molecule has 0 spiro atoms. The first-order valence-corrected chi connectivity index (χ1v) is 5.03. The van der Waals surface area contributed by atoms with Crippen LogP contribution in [0.1, 0.15) is 19.9 Å². The van der Waals surface area contributed by atoms with E-state index in [0.717, 1.165) is 6.07 Å². The molecule has 90 valence electrons. The van der Waals surface area contributed by atoms with Gasteiger partial charge in [-0.25, -0.2) is 13.5 Å². The molecule has 0 bridgehead atoms. The van der Waals surface area contributed by atoms with Crippen LogP contribution in [0.2, 0.25) is 0 Å². The lowest BCUT2D eigenvalue weighted by atomic mass is 10.1. The number of hydrogen-bond donors (Lipinski definition) is 1. The number of tetrazole rings is 1. The van der Waals surface area contributed by atoms with E-state index >= 15 is 0 Å². The molecule has 0 fully saturated rings. The van der Waals surface area contributed by atoms with Crippen LogP contribution in [0.4, 0.5) is 14.5 Å². The number of rotatable bonds is 2. The van der Waals surface area contributed by atoms with E-state index in [4.69, 9.17) is 5.73 Å². The molecule has 0 unspecified atom stereocenters. The Kier molecular flexibility index (Phi) is 2.74. The van der Waals surface area contributed by atoms with E-state index in [1.807, 2.05) is 13.8 Å². The van der Waals surface area contributed by atoms with Gasteiger partial charge in [0.15, 0.2) is 5.82 Å². The molecule has 0 saturated heterocycles. The Balaban J connectivity index is 2.60. The predicted octanol–water partition coefficient (Wildman–Crippen LogP) is 1.78. The monoisotopic (exact) mass is 239 g/mol. The maximum absolute atomic E-state index is 13.6. The molecule has 2 N–H and O–H groups in total. The average molecular weight is 239 g/mol. The van der Waals surface area contributed by atoms with Crippen LogP contribution in [0.15, 0.2) is 12.1 Å². The van der Waals surface area contributed by atoms with Gasteiger partial charge in [-0.05, 0) is 30.3 Å². The van der Waals surface area contributed by atoms with Gasteiger partial charge in [0, 0.05) is 6.07 Å². The third-order valence-electron chi connectivity index (χ3n) is 2.31. The lowest BCUT2D eigenvalue weighted by molar-refractivity contribution is 0.516. The van der Waals surface area contributed by atoms with Gasteiger partial charge >= 0.3 is 0 Å². The van der Waals surface area contributed by atoms with Gasteiger partial charge in [-0.3, -0.25) is 0 Å². The second-order valence-electron chi connectivity index (χ2n) is 3.89. The van der Waals surface area contributed by atoms with E-state index in [1.54, 1.807) is 0 Å². The van der Waals surface area contributed by atoms with Gasteiger partial charge in [0.25, 0.3) is 0 Å². The number of anilines is 1. The van der Waals surface area contributed by atoms with E-state index in [1.165, 1.54) is 10.7 Å². The van der Waals surface area contributed by atoms with Crippen molar-refractivity contribution in [3.05, 3.63) is 23.8 Å². The minimum absolute atomic E-state index is 0.0364. The summed E-state index contributed by atoms with van der Waals surface area (Å²) in [6.45, 7) is 3.70. The molecule has 0 radical (unpaired) electrons. The van der Waals surface area contributed by atoms with Crippen molar-refractivity contribution in [2.45, 2.75) is 19.9 Å². The molecule has 0 aliphatic heterocycles. The highest BCUT2D eigenvalue weighted by atomic mass is 19.1. The number of benzene rings is 1. The topological polar surface area (TPSA) is 69.6 Å². The molecule has 0 saturated carbocycles. The fourth-order valence-electron chi connectivity index (χ4n) is 1.46. The summed E-state index contributed by atoms with van der Waals surface area (Å²) >= 11 is 0. The van der Waals surface area contributed by atoms with Gasteiger partial charge in [0.2, 0.25) is 0 Å². The standard InChI is InChI=1S/C10H11F2N5/c1-5(2)17-10(14-15-16-17)6-3-9(13)8(12)4-7(6)11/h3-5H,13H2,1-2H3. The first kappa shape index (κ1) is 11.4. The number of halogens is 2. The summed E-state index contributed by atoms with van der Waals surface area (Å²) in [6, 6.07) is 1.88. The van der Waals surface area contributed by atoms with Crippen LogP contribution in [-0.4, -0.2) is 20.2 Å². The van der Waals surface area contributed by atoms with Crippen molar-refractivity contribution in [1.29, 1.82) is 0 Å². The minimum atomic E-state index is -0.796. The van der Waals surface area contributed by atoms with E-state index < -0.39 is 11.6 Å². The molecule has 2 aromatic rings. The van der Waals surface area contributed by atoms with Crippen molar-refractivity contribution in [3.63, 3.8) is 0 Å². The Morgan fingerprint density at radius 3 is 2.59 bits per heavy atom. The highest BCUT2D eigenvalue weighted by Gasteiger charge is 2.17. The summed E-state index contributed by atoms with van der Waals surface area (Å²) in [6.07, 6.45) is 0. The minimum Gasteiger partial charge on any atom is -0.396 e. The van der Waals surface area contributed by atoms with Crippen LogP contribution in [0.3, 0.4) is 0 Å². The lowest BCUT2D eigenvalue weighted by Crippen LogP contribution is -2.07. The number of hydrogen-bond acceptors (Lipinski definition) is 4. The lowest BCUT2D eigenvalue weighted by Gasteiger charge is -2.09. The third-order valence-corrected chi connectivity index (χ3v) is 2.31. The normalized spacial score (nSPS) is 11.1. The van der Waals surface area contributed by atoms with Crippen LogP contribution in [0.5, 0.6) is 0 Å². The van der Waals surface area contributed by atoms with Gasteiger partial charge < -0.3 is 5.73 Å². The molecule has 1 aromatic heterocycles. The summed E-state index contributed by atoms with van der Waals surface area (Å²) in [7, 11) is 0. The molecular weight excluding hydrogens is 228 g/mol. The molecule has 0 atom stereocenters. The molecule has 0 aliphatic rings. The van der Waals surface area contributed by atoms with Gasteiger partial charge in [-0.1, -0.05) is 0 Å². The molecule has 0 aliphatic carbocycles. The third kappa shape index (κ3) is 1.95. The average Bonchev–Trinajstić information content (AvgIpc) is 2.72. The Labute approximate surface area is 96.2 Å². The van der Waals surface area contributed by atoms with Gasteiger partial charge in [0.05, 0.1) is 17.3 Å². The summed E-state index contributed by atoms with van der Waals surface area (Å²) in [4.78, 5) is 0. The molecule has 1 aromatic carbocycles. The van der Waals surface area contributed by atoms with E-state index in [9.17, 15) is 8.78 Å². The van der Waals surface area contributed by atoms with Crippen molar-refractivity contribution in [1.82, 2.24) is 20.2 Å². The molecule has 5 nitrogen and oxygen atoms in total. The van der Waals surface area contributed by atoms with Crippen LogP contribution in [0, 0.1) is 11.6 Å². The van der Waals surface area contributed by atoms with Crippen molar-refractivity contribution < 1.29 is 8.78 Å². The highest BCUT2D eigenvalue weighted by Crippen LogP contribution is 2.26. The second kappa shape index (κ2) is 4.08. The zero-order chi connectivity index (χ0) is 12.6. The van der Waals surface area contributed by atoms with Crippen molar-refractivity contribution in [3.8, 4) is 11.4 Å². The molecular formula is C10H11F2N5. The molecule has 17 heavy (non-hydrogen) atoms. The molecule has 1 heterocycles. The van der Waals surface area contributed by atoms with Crippen LogP contribution < -0.4 is 5.73 Å². The van der Waals surface area contributed by atoms with Crippen molar-refractivity contribution in [2.75, 3.05) is 5.73 Å².